The van der Waals surface area contributed by atoms with Crippen molar-refractivity contribution in [1.82, 2.24) is 4.90 Å². The Labute approximate surface area is 98.1 Å². The van der Waals surface area contributed by atoms with Crippen LogP contribution in [0.5, 0.6) is 0 Å². The Morgan fingerprint density at radius 3 is 3.00 bits per heavy atom. The van der Waals surface area contributed by atoms with Crippen LogP contribution in [0.15, 0.2) is 0 Å². The first-order valence-electron chi connectivity index (χ1n) is 6.43. The molecule has 0 aliphatic carbocycles. The molecule has 3 unspecified atom stereocenters. The zero-order valence-corrected chi connectivity index (χ0v) is 10.2. The summed E-state index contributed by atoms with van der Waals surface area (Å²) in [6.45, 7) is 6.82. The molecule has 94 valence electrons. The van der Waals surface area contributed by atoms with Gasteiger partial charge in [-0.15, -0.1) is 0 Å². The predicted octanol–water partition coefficient (Wildman–Crippen LogP) is 0.809. The Balaban J connectivity index is 1.75. The van der Waals surface area contributed by atoms with Gasteiger partial charge in [-0.05, 0) is 38.6 Å². The fourth-order valence-electron chi connectivity index (χ4n) is 2.62. The smallest absolute Gasteiger partial charge is 0.147 e. The van der Waals surface area contributed by atoms with Gasteiger partial charge in [0.05, 0.1) is 12.7 Å². The lowest BCUT2D eigenvalue weighted by atomic mass is 9.92. The maximum absolute atomic E-state index is 5.98. The Morgan fingerprint density at radius 2 is 2.31 bits per heavy atom. The highest BCUT2D eigenvalue weighted by Crippen LogP contribution is 2.20. The monoisotopic (exact) mass is 228 g/mol. The highest BCUT2D eigenvalue weighted by molar-refractivity contribution is 4.80. The molecule has 16 heavy (non-hydrogen) atoms. The molecule has 2 heterocycles. The maximum Gasteiger partial charge on any atom is 0.147 e. The van der Waals surface area contributed by atoms with Crippen molar-refractivity contribution in [3.05, 3.63) is 0 Å². The molecule has 2 aliphatic heterocycles. The van der Waals surface area contributed by atoms with Crippen LogP contribution in [-0.2, 0) is 9.47 Å². The molecule has 0 aromatic heterocycles. The first kappa shape index (κ1) is 12.3. The van der Waals surface area contributed by atoms with Crippen molar-refractivity contribution in [2.45, 2.75) is 38.3 Å². The molecule has 0 aromatic carbocycles. The highest BCUT2D eigenvalue weighted by Gasteiger charge is 2.25. The van der Waals surface area contributed by atoms with Gasteiger partial charge in [0.25, 0.3) is 0 Å². The number of nitrogens with two attached hydrogens (primary N) is 1. The topological polar surface area (TPSA) is 47.7 Å². The average molecular weight is 228 g/mol. The van der Waals surface area contributed by atoms with Crippen LogP contribution in [0, 0.1) is 5.92 Å². The molecule has 2 fully saturated rings. The van der Waals surface area contributed by atoms with Crippen molar-refractivity contribution in [3.8, 4) is 0 Å². The third-order valence-electron chi connectivity index (χ3n) is 3.72. The Hall–Kier alpha value is -0.160. The maximum atomic E-state index is 5.98. The van der Waals surface area contributed by atoms with Crippen molar-refractivity contribution < 1.29 is 9.47 Å². The lowest BCUT2D eigenvalue weighted by Gasteiger charge is -2.37. The average Bonchev–Trinajstić information content (AvgIpc) is 2.30. The zero-order valence-electron chi connectivity index (χ0n) is 10.2. The zero-order chi connectivity index (χ0) is 11.4. The fraction of sp³-hybridized carbons (Fsp3) is 1.00. The summed E-state index contributed by atoms with van der Waals surface area (Å²) >= 11 is 0. The number of hydrogen-bond acceptors (Lipinski definition) is 4. The molecule has 2 N–H and O–H groups in total. The van der Waals surface area contributed by atoms with E-state index in [1.807, 2.05) is 0 Å². The van der Waals surface area contributed by atoms with E-state index in [1.165, 1.54) is 19.4 Å². The van der Waals surface area contributed by atoms with Crippen LogP contribution in [0.25, 0.3) is 0 Å². The van der Waals surface area contributed by atoms with Crippen LogP contribution in [-0.4, -0.2) is 50.1 Å². The predicted molar refractivity (Wildman–Crippen MR) is 63.1 cm³/mol. The van der Waals surface area contributed by atoms with E-state index < -0.39 is 0 Å². The van der Waals surface area contributed by atoms with Gasteiger partial charge >= 0.3 is 0 Å². The minimum absolute atomic E-state index is 0.318. The number of likely N-dealkylation sites (tertiary alicyclic amines) is 1. The van der Waals surface area contributed by atoms with Crippen molar-refractivity contribution in [2.75, 3.05) is 33.0 Å². The molecule has 0 aromatic rings. The van der Waals surface area contributed by atoms with E-state index in [-0.39, 0.29) is 0 Å². The molecule has 0 amide bonds. The van der Waals surface area contributed by atoms with E-state index >= 15 is 0 Å². The standard InChI is InChI=1S/C12H24N2O2/c1-10(13)11-3-2-5-14(7-11)8-12-4-6-15-9-16-12/h10-12H,2-9,13H2,1H3. The Bertz CT molecular complexity index is 205. The summed E-state index contributed by atoms with van der Waals surface area (Å²) in [5.41, 5.74) is 5.98. The number of ether oxygens (including phenoxy) is 2. The van der Waals surface area contributed by atoms with Gasteiger partial charge < -0.3 is 20.1 Å². The molecule has 0 bridgehead atoms. The van der Waals surface area contributed by atoms with Crippen molar-refractivity contribution in [1.29, 1.82) is 0 Å². The van der Waals surface area contributed by atoms with Gasteiger partial charge in [0.1, 0.15) is 6.79 Å². The molecule has 0 saturated carbocycles. The third kappa shape index (κ3) is 3.42. The van der Waals surface area contributed by atoms with Gasteiger partial charge in [-0.1, -0.05) is 0 Å². The molecule has 2 aliphatic rings. The van der Waals surface area contributed by atoms with Gasteiger partial charge in [0.15, 0.2) is 0 Å². The van der Waals surface area contributed by atoms with Crippen molar-refractivity contribution in [3.63, 3.8) is 0 Å². The van der Waals surface area contributed by atoms with Gasteiger partial charge in [-0.25, -0.2) is 0 Å². The van der Waals surface area contributed by atoms with E-state index in [1.54, 1.807) is 0 Å². The lowest BCUT2D eigenvalue weighted by Crippen LogP contribution is -2.46. The molecule has 0 radical (unpaired) electrons. The quantitative estimate of drug-likeness (QED) is 0.776. The minimum Gasteiger partial charge on any atom is -0.355 e. The lowest BCUT2D eigenvalue weighted by molar-refractivity contribution is -0.146. The summed E-state index contributed by atoms with van der Waals surface area (Å²) in [6.07, 6.45) is 3.94. The van der Waals surface area contributed by atoms with Crippen molar-refractivity contribution >= 4 is 0 Å². The van der Waals surface area contributed by atoms with E-state index in [0.29, 0.717) is 24.9 Å². The van der Waals surface area contributed by atoms with E-state index in [2.05, 4.69) is 11.8 Å². The first-order valence-corrected chi connectivity index (χ1v) is 6.43. The van der Waals surface area contributed by atoms with Crippen LogP contribution >= 0.6 is 0 Å². The number of rotatable bonds is 3. The molecule has 0 spiro atoms. The number of piperidine rings is 1. The summed E-state index contributed by atoms with van der Waals surface area (Å²) in [5, 5.41) is 0. The van der Waals surface area contributed by atoms with Crippen LogP contribution in [0.3, 0.4) is 0 Å². The van der Waals surface area contributed by atoms with E-state index in [0.717, 1.165) is 26.1 Å². The second-order valence-corrected chi connectivity index (χ2v) is 5.12. The molecule has 4 nitrogen and oxygen atoms in total. The van der Waals surface area contributed by atoms with E-state index in [9.17, 15) is 0 Å². The second-order valence-electron chi connectivity index (χ2n) is 5.12. The fourth-order valence-corrected chi connectivity index (χ4v) is 2.62. The summed E-state index contributed by atoms with van der Waals surface area (Å²) in [4.78, 5) is 2.51. The van der Waals surface area contributed by atoms with Crippen LogP contribution < -0.4 is 5.73 Å². The number of nitrogens with zero attached hydrogens (tertiary/aromatic N) is 1. The molecular weight excluding hydrogens is 204 g/mol. The van der Waals surface area contributed by atoms with Gasteiger partial charge in [0, 0.05) is 19.1 Å². The molecule has 4 heteroatoms. The van der Waals surface area contributed by atoms with E-state index in [4.69, 9.17) is 15.2 Å². The minimum atomic E-state index is 0.318. The first-order chi connectivity index (χ1) is 7.75. The highest BCUT2D eigenvalue weighted by atomic mass is 16.7. The third-order valence-corrected chi connectivity index (χ3v) is 3.72. The molecule has 3 atom stereocenters. The summed E-state index contributed by atoms with van der Waals surface area (Å²) in [7, 11) is 0. The van der Waals surface area contributed by atoms with Crippen LogP contribution in [0.2, 0.25) is 0 Å². The molecular formula is C12H24N2O2. The van der Waals surface area contributed by atoms with Crippen LogP contribution in [0.1, 0.15) is 26.2 Å². The largest absolute Gasteiger partial charge is 0.355 e. The van der Waals surface area contributed by atoms with Crippen molar-refractivity contribution in [2.24, 2.45) is 11.7 Å². The SMILES string of the molecule is CC(N)C1CCCN(CC2CCOCO2)C1. The Morgan fingerprint density at radius 1 is 1.44 bits per heavy atom. The summed E-state index contributed by atoms with van der Waals surface area (Å²) in [6, 6.07) is 0.318. The van der Waals surface area contributed by atoms with Crippen LogP contribution in [0.4, 0.5) is 0 Å². The van der Waals surface area contributed by atoms with Gasteiger partial charge in [-0.2, -0.15) is 0 Å². The van der Waals surface area contributed by atoms with Gasteiger partial charge in [0.2, 0.25) is 0 Å². The molecule has 2 saturated heterocycles. The summed E-state index contributed by atoms with van der Waals surface area (Å²) < 4.78 is 10.8. The Kier molecular flexibility index (Phi) is 4.58. The summed E-state index contributed by atoms with van der Waals surface area (Å²) in [5.74, 6) is 0.661. The molecule has 2 rings (SSSR count). The second kappa shape index (κ2) is 5.96. The van der Waals surface area contributed by atoms with Gasteiger partial charge in [-0.3, -0.25) is 0 Å². The number of hydrogen-bond donors (Lipinski definition) is 1. The normalized spacial score (nSPS) is 34.9.